The van der Waals surface area contributed by atoms with Gasteiger partial charge >= 0.3 is 5.97 Å². The van der Waals surface area contributed by atoms with E-state index in [1.165, 1.54) is 37.4 Å². The van der Waals surface area contributed by atoms with Crippen LogP contribution in [0.3, 0.4) is 0 Å². The highest BCUT2D eigenvalue weighted by Crippen LogP contribution is 2.21. The minimum absolute atomic E-state index is 0.208. The van der Waals surface area contributed by atoms with Crippen molar-refractivity contribution >= 4 is 39.2 Å². The number of hydrogen-bond donors (Lipinski definition) is 2. The lowest BCUT2D eigenvalue weighted by molar-refractivity contribution is -0.114. The van der Waals surface area contributed by atoms with Gasteiger partial charge in [-0.15, -0.1) is 0 Å². The van der Waals surface area contributed by atoms with Gasteiger partial charge in [0.05, 0.1) is 24.6 Å². The fraction of sp³-hybridized carbons (Fsp3) is 0.286. The fourth-order valence-electron chi connectivity index (χ4n) is 2.85. The van der Waals surface area contributed by atoms with Gasteiger partial charge in [0.1, 0.15) is 6.54 Å². The molecular weight excluding hydrogens is 422 g/mol. The van der Waals surface area contributed by atoms with Crippen LogP contribution in [0.4, 0.5) is 11.4 Å². The molecule has 0 spiro atoms. The number of sulfonamides is 1. The maximum absolute atomic E-state index is 12.5. The number of nitrogens with zero attached hydrogens (tertiary/aromatic N) is 1. The second-order valence-corrected chi connectivity index (χ2v) is 9.09. The molecule has 2 amide bonds. The SMILES string of the molecule is COC(=O)c1ccc(N(CC(=O)Nc2cccc(C(=O)NC3CC3)c2)S(C)(=O)=O)cc1. The van der Waals surface area contributed by atoms with Crippen molar-refractivity contribution in [1.82, 2.24) is 5.32 Å². The van der Waals surface area contributed by atoms with Crippen LogP contribution in [0, 0.1) is 0 Å². The lowest BCUT2D eigenvalue weighted by Gasteiger charge is -2.22. The summed E-state index contributed by atoms with van der Waals surface area (Å²) in [6.45, 7) is -0.477. The zero-order valence-electron chi connectivity index (χ0n) is 17.1. The predicted molar refractivity (Wildman–Crippen MR) is 116 cm³/mol. The maximum atomic E-state index is 12.5. The molecule has 0 atom stereocenters. The molecule has 9 nitrogen and oxygen atoms in total. The quantitative estimate of drug-likeness (QED) is 0.597. The minimum Gasteiger partial charge on any atom is -0.465 e. The molecule has 10 heteroatoms. The van der Waals surface area contributed by atoms with Crippen molar-refractivity contribution in [3.8, 4) is 0 Å². The summed E-state index contributed by atoms with van der Waals surface area (Å²) in [5, 5.41) is 5.49. The Morgan fingerprint density at radius 2 is 1.74 bits per heavy atom. The maximum Gasteiger partial charge on any atom is 0.337 e. The summed E-state index contributed by atoms with van der Waals surface area (Å²) < 4.78 is 30.0. The first kappa shape index (κ1) is 22.3. The number of hydrogen-bond acceptors (Lipinski definition) is 6. The molecule has 0 radical (unpaired) electrons. The van der Waals surface area contributed by atoms with Crippen LogP contribution in [0.2, 0.25) is 0 Å². The van der Waals surface area contributed by atoms with E-state index >= 15 is 0 Å². The third kappa shape index (κ3) is 6.05. The number of carbonyl (C=O) groups is 3. The van der Waals surface area contributed by atoms with Crippen molar-refractivity contribution < 1.29 is 27.5 Å². The third-order valence-corrected chi connectivity index (χ3v) is 5.73. The summed E-state index contributed by atoms with van der Waals surface area (Å²) in [4.78, 5) is 36.3. The molecule has 3 rings (SSSR count). The van der Waals surface area contributed by atoms with Crippen LogP contribution in [-0.2, 0) is 19.6 Å². The molecule has 0 bridgehead atoms. The molecular formula is C21H23N3O6S. The molecule has 1 aliphatic rings. The van der Waals surface area contributed by atoms with E-state index in [9.17, 15) is 22.8 Å². The monoisotopic (exact) mass is 445 g/mol. The number of ether oxygens (including phenoxy) is 1. The van der Waals surface area contributed by atoms with Crippen molar-refractivity contribution in [3.63, 3.8) is 0 Å². The standard InChI is InChI=1S/C21H23N3O6S/c1-30-21(27)14-6-10-18(11-7-14)24(31(2,28)29)13-19(25)22-17-5-3-4-15(12-17)20(26)23-16-8-9-16/h3-7,10-12,16H,8-9,13H2,1-2H3,(H,22,25)(H,23,26). The van der Waals surface area contributed by atoms with E-state index in [4.69, 9.17) is 0 Å². The number of amides is 2. The van der Waals surface area contributed by atoms with E-state index in [0.717, 1.165) is 23.4 Å². The summed E-state index contributed by atoms with van der Waals surface area (Å²) in [5.74, 6) is -1.36. The molecule has 0 unspecified atom stereocenters. The van der Waals surface area contributed by atoms with E-state index in [1.54, 1.807) is 18.2 Å². The Labute approximate surface area is 180 Å². The third-order valence-electron chi connectivity index (χ3n) is 4.59. The van der Waals surface area contributed by atoms with Crippen LogP contribution >= 0.6 is 0 Å². The van der Waals surface area contributed by atoms with Gasteiger partial charge in [-0.3, -0.25) is 13.9 Å². The van der Waals surface area contributed by atoms with Gasteiger partial charge in [0, 0.05) is 17.3 Å². The first-order valence-electron chi connectivity index (χ1n) is 9.54. The van der Waals surface area contributed by atoms with Gasteiger partial charge in [-0.05, 0) is 55.3 Å². The molecule has 0 saturated heterocycles. The lowest BCUT2D eigenvalue weighted by Crippen LogP contribution is -2.37. The number of nitrogens with one attached hydrogen (secondary N) is 2. The number of esters is 1. The molecule has 1 fully saturated rings. The smallest absolute Gasteiger partial charge is 0.337 e. The largest absolute Gasteiger partial charge is 0.465 e. The molecule has 164 valence electrons. The topological polar surface area (TPSA) is 122 Å². The van der Waals surface area contributed by atoms with E-state index in [0.29, 0.717) is 11.3 Å². The first-order valence-corrected chi connectivity index (χ1v) is 11.4. The Balaban J connectivity index is 1.71. The van der Waals surface area contributed by atoms with Crippen molar-refractivity contribution in [2.75, 3.05) is 29.5 Å². The van der Waals surface area contributed by atoms with Crippen LogP contribution in [0.25, 0.3) is 0 Å². The van der Waals surface area contributed by atoms with Gasteiger partial charge in [0.15, 0.2) is 0 Å². The van der Waals surface area contributed by atoms with Gasteiger partial charge in [-0.25, -0.2) is 13.2 Å². The van der Waals surface area contributed by atoms with Crippen molar-refractivity contribution in [1.29, 1.82) is 0 Å². The summed E-state index contributed by atoms with van der Waals surface area (Å²) in [6.07, 6.45) is 2.91. The molecule has 0 aromatic heterocycles. The van der Waals surface area contributed by atoms with Crippen LogP contribution in [0.5, 0.6) is 0 Å². The predicted octanol–water partition coefficient (Wildman–Crippen LogP) is 1.77. The van der Waals surface area contributed by atoms with E-state index in [1.807, 2.05) is 0 Å². The summed E-state index contributed by atoms with van der Waals surface area (Å²) in [6, 6.07) is 12.3. The van der Waals surface area contributed by atoms with Gasteiger partial charge in [-0.2, -0.15) is 0 Å². The van der Waals surface area contributed by atoms with Crippen LogP contribution in [-0.4, -0.2) is 52.2 Å². The van der Waals surface area contributed by atoms with Crippen molar-refractivity contribution in [3.05, 3.63) is 59.7 Å². The highest BCUT2D eigenvalue weighted by molar-refractivity contribution is 7.92. The zero-order valence-corrected chi connectivity index (χ0v) is 17.9. The van der Waals surface area contributed by atoms with E-state index in [-0.39, 0.29) is 23.2 Å². The second kappa shape index (κ2) is 9.17. The Kier molecular flexibility index (Phi) is 6.59. The number of benzene rings is 2. The van der Waals surface area contributed by atoms with E-state index in [2.05, 4.69) is 15.4 Å². The summed E-state index contributed by atoms with van der Waals surface area (Å²) >= 11 is 0. The summed E-state index contributed by atoms with van der Waals surface area (Å²) in [7, 11) is -2.54. The highest BCUT2D eigenvalue weighted by atomic mass is 32.2. The molecule has 0 aliphatic heterocycles. The van der Waals surface area contributed by atoms with E-state index < -0.39 is 28.4 Å². The summed E-state index contributed by atoms with van der Waals surface area (Å²) in [5.41, 5.74) is 1.26. The molecule has 1 aliphatic carbocycles. The Bertz CT molecular complexity index is 1090. The molecule has 2 N–H and O–H groups in total. The Hall–Kier alpha value is -3.40. The molecule has 1 saturated carbocycles. The Morgan fingerprint density at radius 3 is 2.32 bits per heavy atom. The molecule has 2 aromatic rings. The minimum atomic E-state index is -3.78. The van der Waals surface area contributed by atoms with Gasteiger partial charge in [-0.1, -0.05) is 6.07 Å². The number of rotatable bonds is 8. The van der Waals surface area contributed by atoms with Crippen LogP contribution in [0.15, 0.2) is 48.5 Å². The molecule has 2 aromatic carbocycles. The van der Waals surface area contributed by atoms with Crippen LogP contribution < -0.4 is 14.9 Å². The van der Waals surface area contributed by atoms with Crippen LogP contribution in [0.1, 0.15) is 33.6 Å². The number of carbonyl (C=O) groups excluding carboxylic acids is 3. The second-order valence-electron chi connectivity index (χ2n) is 7.18. The number of anilines is 2. The van der Waals surface area contributed by atoms with Crippen molar-refractivity contribution in [2.45, 2.75) is 18.9 Å². The fourth-order valence-corrected chi connectivity index (χ4v) is 3.70. The zero-order chi connectivity index (χ0) is 22.6. The first-order chi connectivity index (χ1) is 14.7. The Morgan fingerprint density at radius 1 is 1.06 bits per heavy atom. The average Bonchev–Trinajstić information content (AvgIpc) is 3.55. The van der Waals surface area contributed by atoms with Gasteiger partial charge in [0.25, 0.3) is 5.91 Å². The lowest BCUT2D eigenvalue weighted by atomic mass is 10.2. The number of methoxy groups -OCH3 is 1. The normalized spacial score (nSPS) is 13.2. The molecule has 0 heterocycles. The molecule has 31 heavy (non-hydrogen) atoms. The average molecular weight is 445 g/mol. The van der Waals surface area contributed by atoms with Crippen molar-refractivity contribution in [2.24, 2.45) is 0 Å². The van der Waals surface area contributed by atoms with Gasteiger partial charge < -0.3 is 15.4 Å². The highest BCUT2D eigenvalue weighted by Gasteiger charge is 2.24. The van der Waals surface area contributed by atoms with Gasteiger partial charge in [0.2, 0.25) is 15.9 Å².